The molecular weight excluding hydrogens is 1210 g/mol. The number of hydrogen-bond donors (Lipinski definition) is 3. The van der Waals surface area contributed by atoms with Crippen molar-refractivity contribution in [1.29, 1.82) is 5.26 Å². The summed E-state index contributed by atoms with van der Waals surface area (Å²) in [7, 11) is 0. The monoisotopic (exact) mass is 1240 g/mol. The minimum Gasteiger partial charge on any atom is -0.481 e. The lowest BCUT2D eigenvalue weighted by Crippen LogP contribution is -2.10. The van der Waals surface area contributed by atoms with Crippen LogP contribution in [0.1, 0.15) is 45.1 Å². The summed E-state index contributed by atoms with van der Waals surface area (Å²) in [6, 6.07) is 14.1. The van der Waals surface area contributed by atoms with Crippen molar-refractivity contribution < 1.29 is 87.1 Å². The van der Waals surface area contributed by atoms with Gasteiger partial charge in [0.2, 0.25) is 0 Å². The van der Waals surface area contributed by atoms with E-state index in [4.69, 9.17) is 90.2 Å². The number of ether oxygens (including phenoxy) is 1. The third-order valence-corrected chi connectivity index (χ3v) is 10.8. The lowest BCUT2D eigenvalue weighted by atomic mass is 10.1. The highest BCUT2D eigenvalue weighted by atomic mass is 79.9. The first-order valence-corrected chi connectivity index (χ1v) is 22.9. The molecule has 6 aromatic carbocycles. The van der Waals surface area contributed by atoms with Crippen molar-refractivity contribution in [3.63, 3.8) is 0 Å². The molecule has 0 aromatic heterocycles. The topological polar surface area (TPSA) is 145 Å². The molecule has 0 unspecified atom stereocenters. The second-order valence-electron chi connectivity index (χ2n) is 13.3. The van der Waals surface area contributed by atoms with Crippen LogP contribution in [-0.4, -0.2) is 39.8 Å². The number of rotatable bonds is 9. The molecule has 0 bridgehead atoms. The van der Waals surface area contributed by atoms with E-state index in [9.17, 15) is 67.1 Å². The Morgan fingerprint density at radius 2 is 0.811 bits per heavy atom. The molecule has 3 N–H and O–H groups in total. The summed E-state index contributed by atoms with van der Waals surface area (Å²) in [5.74, 6) is -14.2. The van der Waals surface area contributed by atoms with Crippen LogP contribution in [0.5, 0.6) is 0 Å². The van der Waals surface area contributed by atoms with Crippen molar-refractivity contribution in [1.82, 2.24) is 0 Å². The summed E-state index contributed by atoms with van der Waals surface area (Å²) in [5.41, 5.74) is -2.59. The molecule has 0 heterocycles. The van der Waals surface area contributed by atoms with Gasteiger partial charge in [0, 0.05) is 27.6 Å². The van der Waals surface area contributed by atoms with Crippen LogP contribution < -0.4 is 0 Å². The Bertz CT molecular complexity index is 2940. The van der Waals surface area contributed by atoms with Gasteiger partial charge in [-0.2, -0.15) is 5.26 Å². The summed E-state index contributed by atoms with van der Waals surface area (Å²) in [6.07, 6.45) is -1.47. The normalized spacial score (nSPS) is 10.0. The number of esters is 1. The lowest BCUT2D eigenvalue weighted by Gasteiger charge is -2.05. The molecule has 6 rings (SSSR count). The number of carboxylic acids is 2. The van der Waals surface area contributed by atoms with Crippen molar-refractivity contribution in [2.75, 3.05) is 6.61 Å². The van der Waals surface area contributed by atoms with Gasteiger partial charge in [-0.1, -0.05) is 85.5 Å². The molecule has 27 heteroatoms. The number of carboxylic acid groups (broad SMARTS) is 2. The molecule has 0 atom stereocenters. The fraction of sp³-hybridized carbons (Fsp3) is 0.149. The van der Waals surface area contributed by atoms with Gasteiger partial charge in [-0.25, -0.2) is 57.5 Å². The molecular formula is C47H30BrCl6F12NO7. The number of alkyl halides is 1. The molecule has 0 fully saturated rings. The fourth-order valence-electron chi connectivity index (χ4n) is 4.91. The second kappa shape index (κ2) is 32.8. The van der Waals surface area contributed by atoms with Crippen molar-refractivity contribution in [2.45, 2.75) is 38.1 Å². The molecule has 0 amide bonds. The van der Waals surface area contributed by atoms with Gasteiger partial charge in [-0.3, -0.25) is 9.59 Å². The Labute approximate surface area is 450 Å². The smallest absolute Gasteiger partial charge is 0.341 e. The number of aromatic carboxylic acids is 1. The zero-order chi connectivity index (χ0) is 56.7. The number of hydrogen-bond acceptors (Lipinski definition) is 6. The Balaban J connectivity index is 0.000000445. The molecule has 0 spiro atoms. The molecule has 398 valence electrons. The van der Waals surface area contributed by atoms with Gasteiger partial charge in [0.1, 0.15) is 69.6 Å². The second-order valence-corrected chi connectivity index (χ2v) is 16.3. The first-order chi connectivity index (χ1) is 34.6. The number of aliphatic hydroxyl groups excluding tert-OH is 1. The van der Waals surface area contributed by atoms with Gasteiger partial charge in [-0.15, -0.1) is 0 Å². The third kappa shape index (κ3) is 20.4. The Kier molecular flexibility index (Phi) is 29.5. The fourth-order valence-corrected chi connectivity index (χ4v) is 6.47. The van der Waals surface area contributed by atoms with Crippen LogP contribution in [0.2, 0.25) is 30.1 Å². The van der Waals surface area contributed by atoms with Gasteiger partial charge < -0.3 is 20.1 Å². The summed E-state index contributed by atoms with van der Waals surface area (Å²) in [5, 5.41) is 32.2. The Hall–Kier alpha value is -5.44. The van der Waals surface area contributed by atoms with Gasteiger partial charge in [0.05, 0.1) is 74.2 Å². The summed E-state index contributed by atoms with van der Waals surface area (Å²) >= 11 is 35.1. The molecule has 0 aliphatic heterocycles. The number of carbonyl (C=O) groups is 3. The van der Waals surface area contributed by atoms with Crippen molar-refractivity contribution in [2.24, 2.45) is 0 Å². The van der Waals surface area contributed by atoms with E-state index in [-0.39, 0.29) is 60.2 Å². The van der Waals surface area contributed by atoms with Crippen LogP contribution in [0.3, 0.4) is 0 Å². The number of aliphatic hydroxyl groups is 1. The van der Waals surface area contributed by atoms with E-state index in [0.717, 1.165) is 66.7 Å². The van der Waals surface area contributed by atoms with E-state index in [2.05, 4.69) is 20.7 Å². The van der Waals surface area contributed by atoms with Crippen molar-refractivity contribution in [3.05, 3.63) is 206 Å². The van der Waals surface area contributed by atoms with Gasteiger partial charge >= 0.3 is 17.9 Å². The van der Waals surface area contributed by atoms with Crippen LogP contribution in [0.25, 0.3) is 0 Å². The number of halogens is 19. The van der Waals surface area contributed by atoms with Crippen molar-refractivity contribution >= 4 is 103 Å². The number of benzene rings is 6. The highest BCUT2D eigenvalue weighted by Gasteiger charge is 2.20. The minimum atomic E-state index is -1.67. The quantitative estimate of drug-likeness (QED) is 0.0562. The Morgan fingerprint density at radius 3 is 1.12 bits per heavy atom. The number of nitrogens with zero attached hydrogens (tertiary/aromatic N) is 1. The van der Waals surface area contributed by atoms with Crippen LogP contribution in [0.4, 0.5) is 52.7 Å². The van der Waals surface area contributed by atoms with Gasteiger partial charge in [0.25, 0.3) is 0 Å². The molecule has 0 radical (unpaired) electrons. The lowest BCUT2D eigenvalue weighted by molar-refractivity contribution is -0.142. The van der Waals surface area contributed by atoms with Crippen LogP contribution >= 0.6 is 85.5 Å². The average Bonchev–Trinajstić information content (AvgIpc) is 3.34. The largest absolute Gasteiger partial charge is 0.481 e. The molecule has 74 heavy (non-hydrogen) atoms. The average molecular weight is 1240 g/mol. The third-order valence-electron chi connectivity index (χ3n) is 8.45. The maximum atomic E-state index is 13.3. The predicted molar refractivity (Wildman–Crippen MR) is 255 cm³/mol. The van der Waals surface area contributed by atoms with E-state index < -0.39 is 129 Å². The van der Waals surface area contributed by atoms with Crippen LogP contribution in [0, 0.1) is 81.1 Å². The molecule has 0 aliphatic carbocycles. The summed E-state index contributed by atoms with van der Waals surface area (Å²) in [6.45, 7) is 1.10. The first-order valence-electron chi connectivity index (χ1n) is 19.5. The van der Waals surface area contributed by atoms with Crippen molar-refractivity contribution in [3.8, 4) is 6.07 Å². The number of carbonyl (C=O) groups excluding carboxylic acids is 1. The van der Waals surface area contributed by atoms with E-state index in [1.807, 2.05) is 0 Å². The van der Waals surface area contributed by atoms with E-state index in [0.29, 0.717) is 0 Å². The van der Waals surface area contributed by atoms with Gasteiger partial charge in [-0.05, 0) is 79.7 Å². The first kappa shape index (κ1) is 66.6. The molecule has 8 nitrogen and oxygen atoms in total. The number of aliphatic carboxylic acids is 1. The molecule has 6 aromatic rings. The SMILES string of the molecule is CCOC(=O)Cc1c(F)ccc(Cl)c1F.Fc1ccc(Cl)c(F)c1CBr.N#CCc1c(F)ccc(Cl)c1F.O=C(O)Cc1c(F)ccc(Cl)c1F.O=C(O)c1c(F)ccc(Cl)c1F.OCc1c(F)ccc(Cl)c1F. The maximum Gasteiger partial charge on any atom is 0.341 e. The predicted octanol–water partition coefficient (Wildman–Crippen LogP) is 15.6. The summed E-state index contributed by atoms with van der Waals surface area (Å²) in [4.78, 5) is 31.5. The van der Waals surface area contributed by atoms with Gasteiger partial charge in [0.15, 0.2) is 5.82 Å². The highest BCUT2D eigenvalue weighted by Crippen LogP contribution is 2.26. The summed E-state index contributed by atoms with van der Waals surface area (Å²) < 4.78 is 159. The molecule has 0 aliphatic rings. The zero-order valence-electron chi connectivity index (χ0n) is 36.8. The highest BCUT2D eigenvalue weighted by molar-refractivity contribution is 9.08. The Morgan fingerprint density at radius 1 is 0.500 bits per heavy atom. The van der Waals surface area contributed by atoms with E-state index in [1.165, 1.54) is 6.07 Å². The number of nitriles is 1. The van der Waals surface area contributed by atoms with Crippen LogP contribution in [-0.2, 0) is 45.5 Å². The standard InChI is InChI=1S/C10H9ClF2O2.C8H4ClF2N.C8H5ClF2O2.C7H4BrClF2.C7H3ClF2O2.C7H5ClF2O/c1-2-15-9(14)5-6-8(12)4-3-7(11)10(6)13;9-6-1-2-7(10)5(3-4-12)8(6)11;9-5-1-2-6(10)4(8(5)11)3-7(12)13;8-3-4-6(10)2-1-5(9)7(4)11;8-3-1-2-4(9)5(6(3)10)7(11)12;8-5-1-2-6(9)4(3-11)7(5)10/h3-4H,2,5H2,1H3;1-2H,3H2;1-2H,3H2,(H,12,13);1-2H,3H2;1-2H,(H,11,12);1-2,11H,3H2. The zero-order valence-corrected chi connectivity index (χ0v) is 42.9. The van der Waals surface area contributed by atoms with E-state index >= 15 is 0 Å². The minimum absolute atomic E-state index is 0.0301. The molecule has 0 saturated heterocycles. The van der Waals surface area contributed by atoms with E-state index in [1.54, 1.807) is 13.0 Å². The molecule has 0 saturated carbocycles. The maximum absolute atomic E-state index is 13.3. The van der Waals surface area contributed by atoms with Crippen LogP contribution in [0.15, 0.2) is 72.8 Å².